The van der Waals surface area contributed by atoms with Crippen molar-refractivity contribution in [1.82, 2.24) is 5.32 Å². The molecular formula is C14H17F3N2O4. The fourth-order valence-corrected chi connectivity index (χ4v) is 1.49. The highest BCUT2D eigenvalue weighted by Gasteiger charge is 2.38. The third kappa shape index (κ3) is 7.61. The number of ether oxygens (including phenoxy) is 2. The van der Waals surface area contributed by atoms with E-state index in [2.05, 4.69) is 5.32 Å². The van der Waals surface area contributed by atoms with Gasteiger partial charge in [0.1, 0.15) is 6.61 Å². The molecule has 0 aliphatic carbocycles. The fraction of sp³-hybridized carbons (Fsp3) is 0.429. The topological polar surface area (TPSA) is 76.7 Å². The maximum absolute atomic E-state index is 12.0. The SMILES string of the molecule is COCCOCC(=O)Nc1ccc(CNC(=O)C(F)(F)F)cc1. The number of nitrogens with one attached hydrogen (secondary N) is 2. The zero-order valence-corrected chi connectivity index (χ0v) is 12.4. The van der Waals surface area contributed by atoms with Crippen LogP contribution in [-0.4, -0.2) is 44.9 Å². The summed E-state index contributed by atoms with van der Waals surface area (Å²) >= 11 is 0. The van der Waals surface area contributed by atoms with E-state index in [0.717, 1.165) is 0 Å². The molecule has 0 unspecified atom stereocenters. The summed E-state index contributed by atoms with van der Waals surface area (Å²) in [5, 5.41) is 4.32. The van der Waals surface area contributed by atoms with Gasteiger partial charge in [-0.05, 0) is 17.7 Å². The van der Waals surface area contributed by atoms with Gasteiger partial charge in [0.15, 0.2) is 0 Å². The first-order valence-electron chi connectivity index (χ1n) is 6.63. The number of carbonyl (C=O) groups is 2. The second-order valence-electron chi connectivity index (χ2n) is 4.47. The molecule has 0 saturated heterocycles. The Bertz CT molecular complexity index is 518. The first-order chi connectivity index (χ1) is 10.8. The predicted molar refractivity (Wildman–Crippen MR) is 75.7 cm³/mol. The van der Waals surface area contributed by atoms with Crippen LogP contribution in [0.2, 0.25) is 0 Å². The van der Waals surface area contributed by atoms with E-state index in [0.29, 0.717) is 24.5 Å². The van der Waals surface area contributed by atoms with Gasteiger partial charge >= 0.3 is 12.1 Å². The Balaban J connectivity index is 2.38. The number of hydrogen-bond acceptors (Lipinski definition) is 4. The lowest BCUT2D eigenvalue weighted by atomic mass is 10.2. The van der Waals surface area contributed by atoms with Crippen LogP contribution >= 0.6 is 0 Å². The second-order valence-corrected chi connectivity index (χ2v) is 4.47. The highest BCUT2D eigenvalue weighted by Crippen LogP contribution is 2.15. The van der Waals surface area contributed by atoms with Gasteiger partial charge in [-0.2, -0.15) is 13.2 Å². The Hall–Kier alpha value is -2.13. The van der Waals surface area contributed by atoms with Gasteiger partial charge in [0.2, 0.25) is 5.91 Å². The van der Waals surface area contributed by atoms with Crippen LogP contribution in [0.5, 0.6) is 0 Å². The van der Waals surface area contributed by atoms with Crippen molar-refractivity contribution in [2.24, 2.45) is 0 Å². The summed E-state index contributed by atoms with van der Waals surface area (Å²) in [6, 6.07) is 6.03. The van der Waals surface area contributed by atoms with Crippen molar-refractivity contribution in [2.45, 2.75) is 12.7 Å². The molecule has 0 aromatic heterocycles. The molecule has 1 aromatic rings. The van der Waals surface area contributed by atoms with E-state index in [-0.39, 0.29) is 19.1 Å². The molecule has 0 spiro atoms. The van der Waals surface area contributed by atoms with Crippen molar-refractivity contribution < 1.29 is 32.2 Å². The molecule has 0 aliphatic heterocycles. The Morgan fingerprint density at radius 1 is 1.13 bits per heavy atom. The summed E-state index contributed by atoms with van der Waals surface area (Å²) < 4.78 is 45.9. The average Bonchev–Trinajstić information content (AvgIpc) is 2.49. The first kappa shape index (κ1) is 18.9. The molecular weight excluding hydrogens is 317 g/mol. The van der Waals surface area contributed by atoms with Crippen molar-refractivity contribution in [3.05, 3.63) is 29.8 Å². The van der Waals surface area contributed by atoms with Gasteiger partial charge in [0, 0.05) is 19.3 Å². The Morgan fingerprint density at radius 2 is 1.78 bits per heavy atom. The highest BCUT2D eigenvalue weighted by atomic mass is 19.4. The van der Waals surface area contributed by atoms with Crippen molar-refractivity contribution >= 4 is 17.5 Å². The van der Waals surface area contributed by atoms with Crippen LogP contribution in [0.25, 0.3) is 0 Å². The van der Waals surface area contributed by atoms with E-state index in [1.54, 1.807) is 5.32 Å². The monoisotopic (exact) mass is 334 g/mol. The molecule has 0 saturated carbocycles. The number of amides is 2. The van der Waals surface area contributed by atoms with Crippen LogP contribution in [0.1, 0.15) is 5.56 Å². The van der Waals surface area contributed by atoms with Gasteiger partial charge < -0.3 is 20.1 Å². The van der Waals surface area contributed by atoms with Gasteiger partial charge in [-0.15, -0.1) is 0 Å². The van der Waals surface area contributed by atoms with Crippen LogP contribution in [0.3, 0.4) is 0 Å². The minimum absolute atomic E-state index is 0.132. The summed E-state index contributed by atoms with van der Waals surface area (Å²) in [6.45, 7) is 0.285. The predicted octanol–water partition coefficient (Wildman–Crippen LogP) is 1.47. The van der Waals surface area contributed by atoms with E-state index >= 15 is 0 Å². The summed E-state index contributed by atoms with van der Waals surface area (Å²) in [5.74, 6) is -2.36. The molecule has 0 bridgehead atoms. The minimum atomic E-state index is -4.91. The molecule has 0 fully saturated rings. The van der Waals surface area contributed by atoms with Crippen molar-refractivity contribution in [1.29, 1.82) is 0 Å². The van der Waals surface area contributed by atoms with Gasteiger partial charge in [0.05, 0.1) is 13.2 Å². The molecule has 6 nitrogen and oxygen atoms in total. The van der Waals surface area contributed by atoms with Crippen LogP contribution < -0.4 is 10.6 Å². The number of rotatable bonds is 8. The number of benzene rings is 1. The molecule has 2 N–H and O–H groups in total. The lowest BCUT2D eigenvalue weighted by Crippen LogP contribution is -2.36. The number of halogens is 3. The molecule has 9 heteroatoms. The maximum Gasteiger partial charge on any atom is 0.471 e. The van der Waals surface area contributed by atoms with Crippen LogP contribution in [-0.2, 0) is 25.6 Å². The molecule has 128 valence electrons. The molecule has 1 rings (SSSR count). The van der Waals surface area contributed by atoms with Gasteiger partial charge in [-0.25, -0.2) is 0 Å². The van der Waals surface area contributed by atoms with Gasteiger partial charge in [0.25, 0.3) is 0 Å². The van der Waals surface area contributed by atoms with E-state index in [4.69, 9.17) is 9.47 Å². The summed E-state index contributed by atoms with van der Waals surface area (Å²) in [5.41, 5.74) is 0.938. The Morgan fingerprint density at radius 3 is 2.35 bits per heavy atom. The number of hydrogen-bond donors (Lipinski definition) is 2. The largest absolute Gasteiger partial charge is 0.471 e. The molecule has 0 radical (unpaired) electrons. The highest BCUT2D eigenvalue weighted by molar-refractivity contribution is 5.91. The number of methoxy groups -OCH3 is 1. The summed E-state index contributed by atoms with van der Waals surface area (Å²) in [7, 11) is 1.52. The van der Waals surface area contributed by atoms with Gasteiger partial charge in [-0.1, -0.05) is 12.1 Å². The molecule has 2 amide bonds. The zero-order chi connectivity index (χ0) is 17.3. The lowest BCUT2D eigenvalue weighted by molar-refractivity contribution is -0.173. The Kier molecular flexibility index (Phi) is 7.49. The number of anilines is 1. The molecule has 1 aromatic carbocycles. The first-order valence-corrected chi connectivity index (χ1v) is 6.63. The number of alkyl halides is 3. The molecule has 23 heavy (non-hydrogen) atoms. The van der Waals surface area contributed by atoms with E-state index in [9.17, 15) is 22.8 Å². The van der Waals surface area contributed by atoms with Gasteiger partial charge in [-0.3, -0.25) is 9.59 Å². The standard InChI is InChI=1S/C14H17F3N2O4/c1-22-6-7-23-9-12(20)19-11-4-2-10(3-5-11)8-18-13(21)14(15,16)17/h2-5H,6-9H2,1H3,(H,18,21)(H,19,20). The van der Waals surface area contributed by atoms with E-state index < -0.39 is 12.1 Å². The minimum Gasteiger partial charge on any atom is -0.382 e. The fourth-order valence-electron chi connectivity index (χ4n) is 1.49. The summed E-state index contributed by atoms with van der Waals surface area (Å²) in [6.07, 6.45) is -4.91. The molecule has 0 aliphatic rings. The van der Waals surface area contributed by atoms with Crippen molar-refractivity contribution in [2.75, 3.05) is 32.2 Å². The lowest BCUT2D eigenvalue weighted by Gasteiger charge is -2.09. The van der Waals surface area contributed by atoms with Crippen LogP contribution in [0.15, 0.2) is 24.3 Å². The zero-order valence-electron chi connectivity index (χ0n) is 12.4. The third-order valence-electron chi connectivity index (χ3n) is 2.61. The van der Waals surface area contributed by atoms with E-state index in [1.807, 2.05) is 0 Å². The van der Waals surface area contributed by atoms with Crippen LogP contribution in [0.4, 0.5) is 18.9 Å². The van der Waals surface area contributed by atoms with Crippen molar-refractivity contribution in [3.8, 4) is 0 Å². The quantitative estimate of drug-likeness (QED) is 0.706. The average molecular weight is 334 g/mol. The van der Waals surface area contributed by atoms with Crippen molar-refractivity contribution in [3.63, 3.8) is 0 Å². The molecule has 0 atom stereocenters. The maximum atomic E-state index is 12.0. The second kappa shape index (κ2) is 9.11. The third-order valence-corrected chi connectivity index (χ3v) is 2.61. The normalized spacial score (nSPS) is 11.1. The van der Waals surface area contributed by atoms with E-state index in [1.165, 1.54) is 31.4 Å². The Labute approximate surface area is 130 Å². The van der Waals surface area contributed by atoms with Crippen LogP contribution in [0, 0.1) is 0 Å². The smallest absolute Gasteiger partial charge is 0.382 e. The molecule has 0 heterocycles. The number of carbonyl (C=O) groups excluding carboxylic acids is 2. The summed E-state index contributed by atoms with van der Waals surface area (Å²) in [4.78, 5) is 22.2.